The minimum absolute atomic E-state index is 0.124. The number of halogens is 1. The average Bonchev–Trinajstić information content (AvgIpc) is 3.47. The first kappa shape index (κ1) is 31.0. The van der Waals surface area contributed by atoms with Crippen LogP contribution in [0.5, 0.6) is 17.4 Å². The summed E-state index contributed by atoms with van der Waals surface area (Å²) in [5, 5.41) is 9.42. The fourth-order valence-electron chi connectivity index (χ4n) is 5.28. The predicted molar refractivity (Wildman–Crippen MR) is 169 cm³/mol. The molecule has 1 aliphatic heterocycles. The van der Waals surface area contributed by atoms with E-state index < -0.39 is 0 Å². The number of carbonyl (C=O) groups is 1. The van der Waals surface area contributed by atoms with Gasteiger partial charge in [0, 0.05) is 48.7 Å². The second-order valence-electron chi connectivity index (χ2n) is 11.1. The van der Waals surface area contributed by atoms with Gasteiger partial charge in [0.25, 0.3) is 0 Å². The highest BCUT2D eigenvalue weighted by atomic mass is 35.5. The first-order valence-corrected chi connectivity index (χ1v) is 15.1. The largest absolute Gasteiger partial charge is 0.488 e. The minimum Gasteiger partial charge on any atom is -0.488 e. The number of pyridine rings is 2. The Hall–Kier alpha value is -4.45. The molecule has 1 atom stereocenters. The van der Waals surface area contributed by atoms with Crippen LogP contribution in [0.25, 0.3) is 11.3 Å². The fourth-order valence-corrected chi connectivity index (χ4v) is 5.51. The Kier molecular flexibility index (Phi) is 10.4. The summed E-state index contributed by atoms with van der Waals surface area (Å²) in [4.78, 5) is 23.0. The number of carbonyl (C=O) groups excluding carboxylic acids is 1. The van der Waals surface area contributed by atoms with E-state index in [4.69, 9.17) is 36.1 Å². The van der Waals surface area contributed by atoms with E-state index in [1.165, 1.54) is 31.8 Å². The van der Waals surface area contributed by atoms with Crippen molar-refractivity contribution in [3.05, 3.63) is 99.8 Å². The lowest BCUT2D eigenvalue weighted by Crippen LogP contribution is -2.23. The van der Waals surface area contributed by atoms with Crippen molar-refractivity contribution in [1.82, 2.24) is 14.9 Å². The fraction of sp³-hybridized carbons (Fsp3) is 0.314. The van der Waals surface area contributed by atoms with Crippen molar-refractivity contribution >= 4 is 17.9 Å². The van der Waals surface area contributed by atoms with E-state index in [0.717, 1.165) is 41.3 Å². The lowest BCUT2D eigenvalue weighted by molar-refractivity contribution is 0.111. The van der Waals surface area contributed by atoms with Crippen molar-refractivity contribution < 1.29 is 19.0 Å². The zero-order chi connectivity index (χ0) is 30.9. The van der Waals surface area contributed by atoms with Gasteiger partial charge in [-0.1, -0.05) is 42.8 Å². The second-order valence-corrected chi connectivity index (χ2v) is 11.5. The number of nitriles is 1. The van der Waals surface area contributed by atoms with Crippen molar-refractivity contribution in [3.8, 4) is 34.7 Å². The summed E-state index contributed by atoms with van der Waals surface area (Å²) in [6.45, 7) is 8.75. The summed E-state index contributed by atoms with van der Waals surface area (Å²) in [6.07, 6.45) is 6.02. The predicted octanol–water partition coefficient (Wildman–Crippen LogP) is 7.06. The lowest BCUT2D eigenvalue weighted by Gasteiger charge is -2.16. The molecule has 0 saturated carbocycles. The number of rotatable bonds is 13. The van der Waals surface area contributed by atoms with Crippen molar-refractivity contribution in [3.63, 3.8) is 0 Å². The molecule has 0 N–H and O–H groups in total. The van der Waals surface area contributed by atoms with Gasteiger partial charge >= 0.3 is 0 Å². The highest BCUT2D eigenvalue weighted by Gasteiger charge is 2.18. The van der Waals surface area contributed by atoms with E-state index in [2.05, 4.69) is 22.9 Å². The third-order valence-corrected chi connectivity index (χ3v) is 8.01. The van der Waals surface area contributed by atoms with Crippen LogP contribution in [-0.2, 0) is 13.2 Å². The van der Waals surface area contributed by atoms with Crippen LogP contribution in [0.1, 0.15) is 52.4 Å². The van der Waals surface area contributed by atoms with Crippen LogP contribution in [0.2, 0.25) is 5.02 Å². The zero-order valence-corrected chi connectivity index (χ0v) is 25.7. The Morgan fingerprint density at radius 1 is 1.07 bits per heavy atom. The molecule has 0 aliphatic carbocycles. The Bertz CT molecular complexity index is 1650. The van der Waals surface area contributed by atoms with Crippen molar-refractivity contribution in [2.75, 3.05) is 26.2 Å². The molecule has 44 heavy (non-hydrogen) atoms. The van der Waals surface area contributed by atoms with E-state index in [0.29, 0.717) is 52.0 Å². The van der Waals surface area contributed by atoms with Gasteiger partial charge in [-0.15, -0.1) is 0 Å². The molecule has 0 spiro atoms. The van der Waals surface area contributed by atoms with Gasteiger partial charge in [0.15, 0.2) is 6.29 Å². The highest BCUT2D eigenvalue weighted by molar-refractivity contribution is 6.32. The summed E-state index contributed by atoms with van der Waals surface area (Å²) in [5.74, 6) is 2.11. The van der Waals surface area contributed by atoms with Crippen LogP contribution in [0, 0.1) is 24.2 Å². The molecule has 1 aliphatic rings. The summed E-state index contributed by atoms with van der Waals surface area (Å²) >= 11 is 6.47. The first-order valence-electron chi connectivity index (χ1n) is 14.7. The van der Waals surface area contributed by atoms with E-state index in [1.807, 2.05) is 43.3 Å². The number of aldehydes is 1. The monoisotopic (exact) mass is 610 g/mol. The molecule has 1 saturated heterocycles. The van der Waals surface area contributed by atoms with E-state index >= 15 is 0 Å². The Morgan fingerprint density at radius 3 is 2.70 bits per heavy atom. The van der Waals surface area contributed by atoms with Gasteiger partial charge in [-0.2, -0.15) is 5.26 Å². The molecule has 0 bridgehead atoms. The Balaban J connectivity index is 1.23. The van der Waals surface area contributed by atoms with Gasteiger partial charge < -0.3 is 19.1 Å². The van der Waals surface area contributed by atoms with Crippen LogP contribution < -0.4 is 14.2 Å². The molecule has 3 heterocycles. The smallest absolute Gasteiger partial charge is 0.213 e. The SMILES string of the molecule is Cc1c(COc2cc(OCc3cncc(C#N)c3)c(C=O)cc2Cl)cccc1-c1cccc(OCCCN2CC[C@@H](C)C2)n1. The zero-order valence-electron chi connectivity index (χ0n) is 25.0. The number of hydrogen-bond acceptors (Lipinski definition) is 8. The first-order chi connectivity index (χ1) is 21.4. The molecule has 5 rings (SSSR count). The van der Waals surface area contributed by atoms with Crippen LogP contribution >= 0.6 is 11.6 Å². The van der Waals surface area contributed by atoms with Crippen molar-refractivity contribution in [2.24, 2.45) is 5.92 Å². The van der Waals surface area contributed by atoms with Crippen molar-refractivity contribution in [2.45, 2.75) is 39.9 Å². The third-order valence-electron chi connectivity index (χ3n) is 7.71. The van der Waals surface area contributed by atoms with Gasteiger partial charge in [-0.3, -0.25) is 9.78 Å². The molecule has 4 aromatic rings. The quantitative estimate of drug-likeness (QED) is 0.117. The number of ether oxygens (including phenoxy) is 3. The molecule has 9 heteroatoms. The van der Waals surface area contributed by atoms with Gasteiger partial charge in [0.05, 0.1) is 28.5 Å². The minimum atomic E-state index is 0.124. The number of likely N-dealkylation sites (tertiary alicyclic amines) is 1. The molecule has 2 aromatic carbocycles. The summed E-state index contributed by atoms with van der Waals surface area (Å²) < 4.78 is 18.0. The molecule has 0 unspecified atom stereocenters. The van der Waals surface area contributed by atoms with Crippen LogP contribution in [-0.4, -0.2) is 47.4 Å². The van der Waals surface area contributed by atoms with E-state index in [9.17, 15) is 4.79 Å². The number of hydrogen-bond donors (Lipinski definition) is 0. The van der Waals surface area contributed by atoms with Gasteiger partial charge in [-0.05, 0) is 61.6 Å². The van der Waals surface area contributed by atoms with E-state index in [1.54, 1.807) is 18.3 Å². The summed E-state index contributed by atoms with van der Waals surface area (Å²) in [6, 6.07) is 18.7. The lowest BCUT2D eigenvalue weighted by atomic mass is 10.00. The second kappa shape index (κ2) is 14.8. The third kappa shape index (κ3) is 7.93. The number of nitrogens with zero attached hydrogens (tertiary/aromatic N) is 4. The molecule has 226 valence electrons. The molecular weight excluding hydrogens is 576 g/mol. The average molecular weight is 611 g/mol. The molecule has 0 amide bonds. The maximum absolute atomic E-state index is 11.7. The molecular formula is C35H35ClN4O4. The Labute approximate surface area is 263 Å². The topological polar surface area (TPSA) is 97.6 Å². The number of aromatic nitrogens is 2. The standard InChI is InChI=1S/C35H35ClN4O4/c1-24-10-12-40(20-24)11-5-13-42-35-9-4-8-32(39-35)30-7-3-6-28(25(30)2)23-44-34-16-33(29(21-41)15-31(34)36)43-22-27-14-26(17-37)18-38-19-27/h3-4,6-9,14-16,18-19,21,24H,5,10-13,20,22-23H2,1-2H3/t24-/m1/s1. The summed E-state index contributed by atoms with van der Waals surface area (Å²) in [7, 11) is 0. The summed E-state index contributed by atoms with van der Waals surface area (Å²) in [5.41, 5.74) is 5.23. The van der Waals surface area contributed by atoms with E-state index in [-0.39, 0.29) is 13.2 Å². The van der Waals surface area contributed by atoms with Crippen LogP contribution in [0.3, 0.4) is 0 Å². The van der Waals surface area contributed by atoms with Crippen molar-refractivity contribution in [1.29, 1.82) is 5.26 Å². The maximum Gasteiger partial charge on any atom is 0.213 e. The highest BCUT2D eigenvalue weighted by Crippen LogP contribution is 2.34. The number of benzene rings is 2. The molecule has 8 nitrogen and oxygen atoms in total. The normalized spacial score (nSPS) is 14.6. The van der Waals surface area contributed by atoms with Crippen LogP contribution in [0.15, 0.2) is 67.0 Å². The maximum atomic E-state index is 11.7. The Morgan fingerprint density at radius 2 is 1.91 bits per heavy atom. The van der Waals surface area contributed by atoms with Gasteiger partial charge in [0.2, 0.25) is 5.88 Å². The van der Waals surface area contributed by atoms with Crippen LogP contribution in [0.4, 0.5) is 0 Å². The molecule has 1 fully saturated rings. The molecule has 0 radical (unpaired) electrons. The molecule has 2 aromatic heterocycles. The van der Waals surface area contributed by atoms with Gasteiger partial charge in [-0.25, -0.2) is 4.98 Å². The van der Waals surface area contributed by atoms with Gasteiger partial charge in [0.1, 0.15) is 30.8 Å².